The van der Waals surface area contributed by atoms with Crippen molar-refractivity contribution in [2.45, 2.75) is 5.03 Å². The fourth-order valence-corrected chi connectivity index (χ4v) is 3.06. The van der Waals surface area contributed by atoms with E-state index in [1.165, 1.54) is 10.8 Å². The standard InChI is InChI=1S/C19H17N3O3S/c1-25-16-10-6-5-9-15(16)22-12-11-20-18(19(22)24)26-13-17(23)21-14-7-3-2-4-8-14/h2-12H,13H2,1H3,(H,21,23). The van der Waals surface area contributed by atoms with E-state index in [0.717, 1.165) is 11.8 Å². The zero-order chi connectivity index (χ0) is 18.4. The number of methoxy groups -OCH3 is 1. The Balaban J connectivity index is 1.75. The van der Waals surface area contributed by atoms with Gasteiger partial charge in [0.2, 0.25) is 5.91 Å². The molecule has 0 unspecified atom stereocenters. The van der Waals surface area contributed by atoms with Gasteiger partial charge in [-0.1, -0.05) is 42.1 Å². The molecular weight excluding hydrogens is 350 g/mol. The van der Waals surface area contributed by atoms with Gasteiger partial charge in [-0.3, -0.25) is 14.2 Å². The number of hydrogen-bond acceptors (Lipinski definition) is 5. The van der Waals surface area contributed by atoms with E-state index in [-0.39, 0.29) is 22.2 Å². The predicted molar refractivity (Wildman–Crippen MR) is 102 cm³/mol. The number of aromatic nitrogens is 2. The summed E-state index contributed by atoms with van der Waals surface area (Å²) in [5.41, 5.74) is 1.04. The van der Waals surface area contributed by atoms with Crippen LogP contribution in [0.15, 0.2) is 76.8 Å². The summed E-state index contributed by atoms with van der Waals surface area (Å²) in [5, 5.41) is 3.03. The highest BCUT2D eigenvalue weighted by Gasteiger charge is 2.12. The lowest BCUT2D eigenvalue weighted by atomic mass is 10.3. The highest BCUT2D eigenvalue weighted by atomic mass is 32.2. The maximum atomic E-state index is 12.7. The number of nitrogens with one attached hydrogen (secondary N) is 1. The van der Waals surface area contributed by atoms with E-state index in [0.29, 0.717) is 17.1 Å². The smallest absolute Gasteiger partial charge is 0.287 e. The summed E-state index contributed by atoms with van der Waals surface area (Å²) in [6, 6.07) is 16.4. The molecule has 1 N–H and O–H groups in total. The average molecular weight is 367 g/mol. The second-order valence-corrected chi connectivity index (χ2v) is 6.25. The van der Waals surface area contributed by atoms with E-state index in [1.807, 2.05) is 30.3 Å². The zero-order valence-corrected chi connectivity index (χ0v) is 14.9. The first-order chi connectivity index (χ1) is 12.7. The Morgan fingerprint density at radius 1 is 1.15 bits per heavy atom. The molecule has 0 fully saturated rings. The Hall–Kier alpha value is -3.06. The van der Waals surface area contributed by atoms with Crippen molar-refractivity contribution in [3.8, 4) is 11.4 Å². The van der Waals surface area contributed by atoms with Crippen LogP contribution < -0.4 is 15.6 Å². The number of hydrogen-bond donors (Lipinski definition) is 1. The normalized spacial score (nSPS) is 10.3. The molecule has 0 atom stereocenters. The number of amides is 1. The lowest BCUT2D eigenvalue weighted by Gasteiger charge is -2.11. The second-order valence-electron chi connectivity index (χ2n) is 5.28. The van der Waals surface area contributed by atoms with E-state index in [9.17, 15) is 9.59 Å². The van der Waals surface area contributed by atoms with Crippen LogP contribution in [-0.4, -0.2) is 28.3 Å². The van der Waals surface area contributed by atoms with E-state index >= 15 is 0 Å². The molecule has 0 radical (unpaired) electrons. The third-order valence-electron chi connectivity index (χ3n) is 3.55. The Bertz CT molecular complexity index is 957. The van der Waals surface area contributed by atoms with Crippen LogP contribution >= 0.6 is 11.8 Å². The molecule has 0 bridgehead atoms. The van der Waals surface area contributed by atoms with E-state index < -0.39 is 0 Å². The molecule has 1 amide bonds. The molecule has 2 aromatic carbocycles. The third kappa shape index (κ3) is 4.12. The van der Waals surface area contributed by atoms with E-state index in [1.54, 1.807) is 37.6 Å². The highest BCUT2D eigenvalue weighted by molar-refractivity contribution is 7.99. The van der Waals surface area contributed by atoms with Crippen molar-refractivity contribution >= 4 is 23.4 Å². The number of carbonyl (C=O) groups excluding carboxylic acids is 1. The summed E-state index contributed by atoms with van der Waals surface area (Å²) < 4.78 is 6.77. The lowest BCUT2D eigenvalue weighted by molar-refractivity contribution is -0.113. The van der Waals surface area contributed by atoms with Crippen LogP contribution in [-0.2, 0) is 4.79 Å². The maximum Gasteiger partial charge on any atom is 0.287 e. The van der Waals surface area contributed by atoms with Crippen molar-refractivity contribution in [3.05, 3.63) is 77.3 Å². The van der Waals surface area contributed by atoms with Crippen LogP contribution in [0.2, 0.25) is 0 Å². The number of ether oxygens (including phenoxy) is 1. The van der Waals surface area contributed by atoms with Crippen molar-refractivity contribution in [1.29, 1.82) is 0 Å². The summed E-state index contributed by atoms with van der Waals surface area (Å²) >= 11 is 1.10. The van der Waals surface area contributed by atoms with Crippen LogP contribution in [0, 0.1) is 0 Å². The number of carbonyl (C=O) groups is 1. The third-order valence-corrected chi connectivity index (χ3v) is 4.51. The van der Waals surface area contributed by atoms with Crippen LogP contribution in [0.1, 0.15) is 0 Å². The number of anilines is 1. The molecule has 1 aromatic heterocycles. The van der Waals surface area contributed by atoms with Gasteiger partial charge in [0.15, 0.2) is 5.03 Å². The molecule has 26 heavy (non-hydrogen) atoms. The predicted octanol–water partition coefficient (Wildman–Crippen LogP) is 2.97. The average Bonchev–Trinajstić information content (AvgIpc) is 2.68. The Kier molecular flexibility index (Phi) is 5.70. The molecule has 0 aliphatic heterocycles. The molecule has 1 heterocycles. The van der Waals surface area contributed by atoms with Gasteiger partial charge in [0.05, 0.1) is 18.6 Å². The number of rotatable bonds is 6. The fraction of sp³-hybridized carbons (Fsp3) is 0.105. The van der Waals surface area contributed by atoms with Crippen molar-refractivity contribution in [1.82, 2.24) is 9.55 Å². The summed E-state index contributed by atoms with van der Waals surface area (Å²) in [6.45, 7) is 0. The Morgan fingerprint density at radius 2 is 1.88 bits per heavy atom. The van der Waals surface area contributed by atoms with Crippen LogP contribution in [0.4, 0.5) is 5.69 Å². The summed E-state index contributed by atoms with van der Waals surface area (Å²) in [7, 11) is 1.55. The number of thioether (sulfide) groups is 1. The monoisotopic (exact) mass is 367 g/mol. The van der Waals surface area contributed by atoms with Gasteiger partial charge in [-0.15, -0.1) is 0 Å². The molecule has 7 heteroatoms. The highest BCUT2D eigenvalue weighted by Crippen LogP contribution is 2.21. The minimum Gasteiger partial charge on any atom is -0.495 e. The van der Waals surface area contributed by atoms with E-state index in [4.69, 9.17) is 4.74 Å². The molecule has 3 rings (SSSR count). The number of nitrogens with zero attached hydrogens (tertiary/aromatic N) is 2. The second kappa shape index (κ2) is 8.35. The van der Waals surface area contributed by atoms with Gasteiger partial charge >= 0.3 is 0 Å². The molecule has 3 aromatic rings. The van der Waals surface area contributed by atoms with Crippen molar-refractivity contribution < 1.29 is 9.53 Å². The molecule has 6 nitrogen and oxygen atoms in total. The summed E-state index contributed by atoms with van der Waals surface area (Å²) in [6.07, 6.45) is 3.11. The van der Waals surface area contributed by atoms with Crippen LogP contribution in [0.3, 0.4) is 0 Å². The molecule has 0 saturated heterocycles. The molecular formula is C19H17N3O3S. The first kappa shape index (κ1) is 17.8. The van der Waals surface area contributed by atoms with Crippen LogP contribution in [0.5, 0.6) is 5.75 Å². The van der Waals surface area contributed by atoms with Crippen molar-refractivity contribution in [2.75, 3.05) is 18.2 Å². The van der Waals surface area contributed by atoms with E-state index in [2.05, 4.69) is 10.3 Å². The minimum atomic E-state index is -0.297. The van der Waals surface area contributed by atoms with Gasteiger partial charge in [-0.25, -0.2) is 4.98 Å². The summed E-state index contributed by atoms with van der Waals surface area (Å²) in [4.78, 5) is 28.9. The zero-order valence-electron chi connectivity index (χ0n) is 14.1. The quantitative estimate of drug-likeness (QED) is 0.678. The first-order valence-corrected chi connectivity index (χ1v) is 8.86. The Labute approximate surface area is 154 Å². The van der Waals surface area contributed by atoms with Gasteiger partial charge in [0, 0.05) is 18.1 Å². The Morgan fingerprint density at radius 3 is 2.65 bits per heavy atom. The lowest BCUT2D eigenvalue weighted by Crippen LogP contribution is -2.22. The maximum absolute atomic E-state index is 12.7. The SMILES string of the molecule is COc1ccccc1-n1ccnc(SCC(=O)Nc2ccccc2)c1=O. The number of benzene rings is 2. The molecule has 0 aliphatic carbocycles. The van der Waals surface area contributed by atoms with Gasteiger partial charge in [0.25, 0.3) is 5.56 Å². The number of para-hydroxylation sites is 3. The molecule has 0 spiro atoms. The first-order valence-electron chi connectivity index (χ1n) is 7.88. The molecule has 132 valence electrons. The largest absolute Gasteiger partial charge is 0.495 e. The molecule has 0 aliphatic rings. The van der Waals surface area contributed by atoms with Crippen molar-refractivity contribution in [3.63, 3.8) is 0 Å². The van der Waals surface area contributed by atoms with Crippen LogP contribution in [0.25, 0.3) is 5.69 Å². The topological polar surface area (TPSA) is 73.2 Å². The van der Waals surface area contributed by atoms with Gasteiger partial charge in [0.1, 0.15) is 5.75 Å². The van der Waals surface area contributed by atoms with Crippen molar-refractivity contribution in [2.24, 2.45) is 0 Å². The van der Waals surface area contributed by atoms with Gasteiger partial charge in [-0.2, -0.15) is 0 Å². The minimum absolute atomic E-state index is 0.0903. The summed E-state index contributed by atoms with van der Waals surface area (Å²) in [5.74, 6) is 0.473. The van der Waals surface area contributed by atoms with Gasteiger partial charge in [-0.05, 0) is 24.3 Å². The molecule has 0 saturated carbocycles. The van der Waals surface area contributed by atoms with Gasteiger partial charge < -0.3 is 10.1 Å². The fourth-order valence-electron chi connectivity index (χ4n) is 2.36.